The second-order valence-electron chi connectivity index (χ2n) is 5.90. The van der Waals surface area contributed by atoms with E-state index in [1.165, 1.54) is 11.6 Å². The van der Waals surface area contributed by atoms with Crippen LogP contribution in [0.5, 0.6) is 0 Å². The fourth-order valence-electron chi connectivity index (χ4n) is 3.11. The lowest BCUT2D eigenvalue weighted by Gasteiger charge is -2.37. The predicted molar refractivity (Wildman–Crippen MR) is 84.4 cm³/mol. The van der Waals surface area contributed by atoms with E-state index >= 15 is 0 Å². The first-order valence-corrected chi connectivity index (χ1v) is 7.35. The van der Waals surface area contributed by atoms with Crippen LogP contribution in [0.25, 0.3) is 11.0 Å². The quantitative estimate of drug-likeness (QED) is 0.755. The van der Waals surface area contributed by atoms with Gasteiger partial charge in [0, 0.05) is 33.4 Å². The van der Waals surface area contributed by atoms with Gasteiger partial charge in [0.1, 0.15) is 5.39 Å². The maximum atomic E-state index is 12.6. The van der Waals surface area contributed by atoms with Gasteiger partial charge in [-0.25, -0.2) is 9.78 Å². The van der Waals surface area contributed by atoms with Crippen LogP contribution in [0, 0.1) is 0 Å². The second kappa shape index (κ2) is 5.24. The highest BCUT2D eigenvalue weighted by Crippen LogP contribution is 2.25. The molecule has 0 unspecified atom stereocenters. The zero-order valence-corrected chi connectivity index (χ0v) is 13.2. The number of hydrogen-bond acceptors (Lipinski definition) is 5. The molecular formula is C15H20N4O3. The molecule has 0 aliphatic carbocycles. The van der Waals surface area contributed by atoms with Gasteiger partial charge in [-0.05, 0) is 19.9 Å². The molecule has 22 heavy (non-hydrogen) atoms. The van der Waals surface area contributed by atoms with E-state index in [4.69, 9.17) is 4.74 Å². The van der Waals surface area contributed by atoms with Crippen molar-refractivity contribution < 1.29 is 4.74 Å². The Labute approximate surface area is 127 Å². The summed E-state index contributed by atoms with van der Waals surface area (Å²) in [6.45, 7) is 5.44. The molecular weight excluding hydrogens is 284 g/mol. The van der Waals surface area contributed by atoms with Crippen molar-refractivity contribution in [3.63, 3.8) is 0 Å². The van der Waals surface area contributed by atoms with Crippen LogP contribution in [-0.2, 0) is 18.8 Å². The lowest BCUT2D eigenvalue weighted by Crippen LogP contribution is -2.46. The van der Waals surface area contributed by atoms with Crippen molar-refractivity contribution in [1.29, 1.82) is 0 Å². The molecule has 0 bridgehead atoms. The van der Waals surface area contributed by atoms with E-state index in [9.17, 15) is 9.59 Å². The first kappa shape index (κ1) is 14.8. The van der Waals surface area contributed by atoms with Crippen molar-refractivity contribution in [3.8, 4) is 0 Å². The largest absolute Gasteiger partial charge is 0.372 e. The highest BCUT2D eigenvalue weighted by molar-refractivity contribution is 5.88. The molecule has 0 amide bonds. The van der Waals surface area contributed by atoms with Gasteiger partial charge in [-0.3, -0.25) is 13.9 Å². The molecule has 0 N–H and O–H groups in total. The van der Waals surface area contributed by atoms with E-state index in [0.29, 0.717) is 24.1 Å². The van der Waals surface area contributed by atoms with E-state index in [1.54, 1.807) is 13.2 Å². The Morgan fingerprint density at radius 3 is 2.41 bits per heavy atom. The van der Waals surface area contributed by atoms with Gasteiger partial charge in [0.15, 0.2) is 5.65 Å². The topological polar surface area (TPSA) is 69.4 Å². The summed E-state index contributed by atoms with van der Waals surface area (Å²) in [5.41, 5.74) is 0.541. The van der Waals surface area contributed by atoms with Crippen LogP contribution in [-0.4, -0.2) is 39.4 Å². The fraction of sp³-hybridized carbons (Fsp3) is 0.533. The molecule has 3 heterocycles. The number of aryl methyl sites for hydroxylation is 1. The van der Waals surface area contributed by atoms with E-state index in [0.717, 1.165) is 10.3 Å². The third-order valence-corrected chi connectivity index (χ3v) is 4.08. The van der Waals surface area contributed by atoms with Crippen molar-refractivity contribution in [2.45, 2.75) is 26.1 Å². The maximum absolute atomic E-state index is 12.6. The summed E-state index contributed by atoms with van der Waals surface area (Å²) in [6.07, 6.45) is 1.81. The van der Waals surface area contributed by atoms with Crippen LogP contribution < -0.4 is 16.1 Å². The molecule has 3 rings (SSSR count). The minimum absolute atomic E-state index is 0.0864. The zero-order chi connectivity index (χ0) is 16.0. The summed E-state index contributed by atoms with van der Waals surface area (Å²) in [7, 11) is 3.12. The number of fused-ring (bicyclic) bond motifs is 1. The van der Waals surface area contributed by atoms with Crippen LogP contribution in [0.4, 0.5) is 5.69 Å². The Morgan fingerprint density at radius 2 is 1.77 bits per heavy atom. The molecule has 0 radical (unpaired) electrons. The normalized spacial score (nSPS) is 22.3. The Kier molecular flexibility index (Phi) is 3.52. The van der Waals surface area contributed by atoms with E-state index in [-0.39, 0.29) is 23.5 Å². The van der Waals surface area contributed by atoms with Crippen LogP contribution >= 0.6 is 0 Å². The van der Waals surface area contributed by atoms with E-state index in [2.05, 4.69) is 9.88 Å². The summed E-state index contributed by atoms with van der Waals surface area (Å²) in [5.74, 6) is 0. The van der Waals surface area contributed by atoms with Crippen LogP contribution in [0.2, 0.25) is 0 Å². The van der Waals surface area contributed by atoms with Gasteiger partial charge in [0.2, 0.25) is 0 Å². The predicted octanol–water partition coefficient (Wildman–Crippen LogP) is 0.246. The van der Waals surface area contributed by atoms with Gasteiger partial charge in [-0.2, -0.15) is 0 Å². The Morgan fingerprint density at radius 1 is 1.14 bits per heavy atom. The van der Waals surface area contributed by atoms with E-state index < -0.39 is 0 Å². The average Bonchev–Trinajstić information content (AvgIpc) is 2.49. The first-order chi connectivity index (χ1) is 10.4. The summed E-state index contributed by atoms with van der Waals surface area (Å²) >= 11 is 0. The molecule has 1 aliphatic rings. The molecule has 0 spiro atoms. The van der Waals surface area contributed by atoms with Crippen molar-refractivity contribution in [2.24, 2.45) is 14.1 Å². The Bertz CT molecular complexity index is 829. The maximum Gasteiger partial charge on any atom is 0.332 e. The molecule has 0 aromatic carbocycles. The molecule has 2 aromatic rings. The monoisotopic (exact) mass is 304 g/mol. The minimum Gasteiger partial charge on any atom is -0.372 e. The fourth-order valence-corrected chi connectivity index (χ4v) is 3.11. The summed E-state index contributed by atoms with van der Waals surface area (Å²) in [6, 6.07) is 1.83. The van der Waals surface area contributed by atoms with Gasteiger partial charge in [-0.15, -0.1) is 0 Å². The van der Waals surface area contributed by atoms with Crippen molar-refractivity contribution in [1.82, 2.24) is 14.1 Å². The van der Waals surface area contributed by atoms with Crippen molar-refractivity contribution >= 4 is 16.7 Å². The third-order valence-electron chi connectivity index (χ3n) is 4.08. The van der Waals surface area contributed by atoms with Gasteiger partial charge in [-0.1, -0.05) is 0 Å². The first-order valence-electron chi connectivity index (χ1n) is 7.35. The molecule has 118 valence electrons. The number of nitrogens with zero attached hydrogens (tertiary/aromatic N) is 4. The van der Waals surface area contributed by atoms with Crippen LogP contribution in [0.3, 0.4) is 0 Å². The molecule has 1 aliphatic heterocycles. The number of hydrogen-bond donors (Lipinski definition) is 0. The van der Waals surface area contributed by atoms with Crippen LogP contribution in [0.1, 0.15) is 13.8 Å². The van der Waals surface area contributed by atoms with Gasteiger partial charge < -0.3 is 9.64 Å². The molecule has 2 atom stereocenters. The highest BCUT2D eigenvalue weighted by Gasteiger charge is 2.25. The number of ether oxygens (including phenoxy) is 1. The SMILES string of the molecule is C[C@@H]1CN(c2ccnc3c2c(=O)n(C)c(=O)n3C)C[C@@H](C)O1. The lowest BCUT2D eigenvalue weighted by atomic mass is 10.1. The standard InChI is InChI=1S/C15H20N4O3/c1-9-7-19(8-10(2)22-9)11-5-6-16-13-12(11)14(20)18(4)15(21)17(13)3/h5-6,9-10H,7-8H2,1-4H3/t9-,10-/m1/s1. The highest BCUT2D eigenvalue weighted by atomic mass is 16.5. The second-order valence-corrected chi connectivity index (χ2v) is 5.90. The smallest absolute Gasteiger partial charge is 0.332 e. The molecule has 0 saturated carbocycles. The van der Waals surface area contributed by atoms with Gasteiger partial charge >= 0.3 is 5.69 Å². The minimum atomic E-state index is -0.370. The lowest BCUT2D eigenvalue weighted by molar-refractivity contribution is -0.00514. The molecule has 7 heteroatoms. The molecule has 1 fully saturated rings. The number of anilines is 1. The Balaban J connectivity index is 2.27. The number of morpholine rings is 1. The van der Waals surface area contributed by atoms with Gasteiger partial charge in [0.05, 0.1) is 17.9 Å². The van der Waals surface area contributed by atoms with Gasteiger partial charge in [0.25, 0.3) is 5.56 Å². The average molecular weight is 304 g/mol. The third kappa shape index (κ3) is 2.21. The van der Waals surface area contributed by atoms with E-state index in [1.807, 2.05) is 19.9 Å². The van der Waals surface area contributed by atoms with Crippen molar-refractivity contribution in [3.05, 3.63) is 33.1 Å². The number of aromatic nitrogens is 3. The van der Waals surface area contributed by atoms with Crippen molar-refractivity contribution in [2.75, 3.05) is 18.0 Å². The summed E-state index contributed by atoms with van der Waals surface area (Å²) in [4.78, 5) is 31.0. The molecule has 1 saturated heterocycles. The molecule has 7 nitrogen and oxygen atoms in total. The Hall–Kier alpha value is -2.15. The van der Waals surface area contributed by atoms with Crippen LogP contribution in [0.15, 0.2) is 21.9 Å². The number of pyridine rings is 1. The summed E-state index contributed by atoms with van der Waals surface area (Å²) < 4.78 is 8.29. The summed E-state index contributed by atoms with van der Waals surface area (Å²) in [5, 5.41) is 0.480. The number of rotatable bonds is 1. The molecule has 2 aromatic heterocycles. The zero-order valence-electron chi connectivity index (χ0n) is 13.2.